The lowest BCUT2D eigenvalue weighted by atomic mass is 10.1. The first-order chi connectivity index (χ1) is 9.62. The van der Waals surface area contributed by atoms with Crippen LogP contribution in [0.4, 0.5) is 0 Å². The Morgan fingerprint density at radius 2 is 2.20 bits per heavy atom. The second-order valence-corrected chi connectivity index (χ2v) is 5.73. The molecule has 104 valence electrons. The lowest BCUT2D eigenvalue weighted by molar-refractivity contribution is 0.307. The SMILES string of the molecule is COc1ccc(C#N)cc1CN(C)Cc1csc(C)n1. The van der Waals surface area contributed by atoms with Crippen molar-refractivity contribution in [3.05, 3.63) is 45.4 Å². The van der Waals surface area contributed by atoms with Crippen LogP contribution in [0.2, 0.25) is 0 Å². The number of benzene rings is 1. The number of thiazole rings is 1. The Hall–Kier alpha value is -1.90. The predicted octanol–water partition coefficient (Wildman–Crippen LogP) is 2.96. The Morgan fingerprint density at radius 3 is 2.80 bits per heavy atom. The maximum atomic E-state index is 8.98. The van der Waals surface area contributed by atoms with Crippen molar-refractivity contribution in [1.82, 2.24) is 9.88 Å². The third kappa shape index (κ3) is 3.56. The topological polar surface area (TPSA) is 49.1 Å². The highest BCUT2D eigenvalue weighted by atomic mass is 32.1. The van der Waals surface area contributed by atoms with Crippen LogP contribution in [0.3, 0.4) is 0 Å². The molecule has 0 unspecified atom stereocenters. The van der Waals surface area contributed by atoms with Crippen molar-refractivity contribution in [3.63, 3.8) is 0 Å². The summed E-state index contributed by atoms with van der Waals surface area (Å²) < 4.78 is 5.35. The predicted molar refractivity (Wildman–Crippen MR) is 79.7 cm³/mol. The van der Waals surface area contributed by atoms with Gasteiger partial charge in [0.15, 0.2) is 0 Å². The molecule has 2 rings (SSSR count). The second kappa shape index (κ2) is 6.51. The first-order valence-corrected chi connectivity index (χ1v) is 7.17. The third-order valence-electron chi connectivity index (χ3n) is 2.95. The Kier molecular flexibility index (Phi) is 4.72. The summed E-state index contributed by atoms with van der Waals surface area (Å²) in [5, 5.41) is 12.1. The molecular formula is C15H17N3OS. The summed E-state index contributed by atoms with van der Waals surface area (Å²) in [6.07, 6.45) is 0. The van der Waals surface area contributed by atoms with Crippen molar-refractivity contribution in [2.75, 3.05) is 14.2 Å². The van der Waals surface area contributed by atoms with Crippen LogP contribution in [-0.2, 0) is 13.1 Å². The Morgan fingerprint density at radius 1 is 1.40 bits per heavy atom. The van der Waals surface area contributed by atoms with E-state index >= 15 is 0 Å². The molecule has 5 heteroatoms. The zero-order valence-electron chi connectivity index (χ0n) is 11.9. The molecule has 0 aliphatic heterocycles. The van der Waals surface area contributed by atoms with Crippen molar-refractivity contribution in [2.45, 2.75) is 20.0 Å². The highest BCUT2D eigenvalue weighted by molar-refractivity contribution is 7.09. The van der Waals surface area contributed by atoms with Crippen molar-refractivity contribution in [2.24, 2.45) is 0 Å². The van der Waals surface area contributed by atoms with Gasteiger partial charge < -0.3 is 4.74 Å². The molecule has 20 heavy (non-hydrogen) atoms. The highest BCUT2D eigenvalue weighted by Crippen LogP contribution is 2.22. The molecule has 0 amide bonds. The van der Waals surface area contributed by atoms with Gasteiger partial charge in [-0.2, -0.15) is 5.26 Å². The van der Waals surface area contributed by atoms with Gasteiger partial charge in [-0.3, -0.25) is 4.90 Å². The molecule has 0 saturated carbocycles. The number of rotatable bonds is 5. The molecule has 0 bridgehead atoms. The maximum absolute atomic E-state index is 8.98. The normalized spacial score (nSPS) is 10.6. The zero-order valence-corrected chi connectivity index (χ0v) is 12.7. The van der Waals surface area contributed by atoms with Crippen LogP contribution in [0.1, 0.15) is 21.8 Å². The van der Waals surface area contributed by atoms with E-state index in [4.69, 9.17) is 10.00 Å². The molecule has 4 nitrogen and oxygen atoms in total. The van der Waals surface area contributed by atoms with Gasteiger partial charge in [0.05, 0.1) is 29.4 Å². The van der Waals surface area contributed by atoms with Gasteiger partial charge in [0, 0.05) is 24.0 Å². The van der Waals surface area contributed by atoms with E-state index in [1.807, 2.05) is 26.1 Å². The highest BCUT2D eigenvalue weighted by Gasteiger charge is 2.09. The largest absolute Gasteiger partial charge is 0.496 e. The number of hydrogen-bond acceptors (Lipinski definition) is 5. The molecular weight excluding hydrogens is 270 g/mol. The van der Waals surface area contributed by atoms with Crippen LogP contribution in [-0.4, -0.2) is 24.0 Å². The summed E-state index contributed by atoms with van der Waals surface area (Å²) >= 11 is 1.66. The fourth-order valence-corrected chi connectivity index (χ4v) is 2.68. The van der Waals surface area contributed by atoms with E-state index in [1.165, 1.54) is 0 Å². The molecule has 0 fully saturated rings. The number of nitriles is 1. The molecule has 2 aromatic rings. The quantitative estimate of drug-likeness (QED) is 0.848. The smallest absolute Gasteiger partial charge is 0.123 e. The number of hydrogen-bond donors (Lipinski definition) is 0. The number of methoxy groups -OCH3 is 1. The summed E-state index contributed by atoms with van der Waals surface area (Å²) in [5.41, 5.74) is 2.74. The molecule has 0 radical (unpaired) electrons. The van der Waals surface area contributed by atoms with Crippen LogP contribution in [0.15, 0.2) is 23.6 Å². The summed E-state index contributed by atoms with van der Waals surface area (Å²) in [6.45, 7) is 3.51. The fourth-order valence-electron chi connectivity index (χ4n) is 2.08. The second-order valence-electron chi connectivity index (χ2n) is 4.67. The maximum Gasteiger partial charge on any atom is 0.123 e. The minimum atomic E-state index is 0.652. The average Bonchev–Trinajstić information content (AvgIpc) is 2.83. The number of aromatic nitrogens is 1. The van der Waals surface area contributed by atoms with Crippen LogP contribution < -0.4 is 4.74 Å². The number of ether oxygens (including phenoxy) is 1. The Bertz CT molecular complexity index is 630. The van der Waals surface area contributed by atoms with E-state index < -0.39 is 0 Å². The molecule has 1 aromatic carbocycles. The molecule has 0 N–H and O–H groups in total. The van der Waals surface area contributed by atoms with Crippen LogP contribution in [0.5, 0.6) is 5.75 Å². The lowest BCUT2D eigenvalue weighted by Gasteiger charge is -2.17. The zero-order chi connectivity index (χ0) is 14.5. The van der Waals surface area contributed by atoms with Crippen molar-refractivity contribution in [1.29, 1.82) is 5.26 Å². The lowest BCUT2D eigenvalue weighted by Crippen LogP contribution is -2.18. The van der Waals surface area contributed by atoms with E-state index in [0.717, 1.165) is 35.1 Å². The van der Waals surface area contributed by atoms with Gasteiger partial charge in [0.1, 0.15) is 5.75 Å². The van der Waals surface area contributed by atoms with E-state index in [0.29, 0.717) is 5.56 Å². The van der Waals surface area contributed by atoms with E-state index in [2.05, 4.69) is 21.3 Å². The van der Waals surface area contributed by atoms with Gasteiger partial charge in [-0.1, -0.05) is 0 Å². The molecule has 0 aliphatic carbocycles. The van der Waals surface area contributed by atoms with Crippen molar-refractivity contribution >= 4 is 11.3 Å². The van der Waals surface area contributed by atoms with Crippen LogP contribution >= 0.6 is 11.3 Å². The van der Waals surface area contributed by atoms with Crippen molar-refractivity contribution in [3.8, 4) is 11.8 Å². The molecule has 0 saturated heterocycles. The molecule has 1 aromatic heterocycles. The number of nitrogens with zero attached hydrogens (tertiary/aromatic N) is 3. The minimum absolute atomic E-state index is 0.652. The van der Waals surface area contributed by atoms with E-state index in [9.17, 15) is 0 Å². The third-order valence-corrected chi connectivity index (χ3v) is 3.77. The van der Waals surface area contributed by atoms with Gasteiger partial charge in [0.25, 0.3) is 0 Å². The fraction of sp³-hybridized carbons (Fsp3) is 0.333. The summed E-state index contributed by atoms with van der Waals surface area (Å²) in [7, 11) is 3.68. The minimum Gasteiger partial charge on any atom is -0.496 e. The molecule has 1 heterocycles. The van der Waals surface area contributed by atoms with Crippen molar-refractivity contribution < 1.29 is 4.74 Å². The van der Waals surface area contributed by atoms with E-state index in [1.54, 1.807) is 24.5 Å². The average molecular weight is 287 g/mol. The summed E-state index contributed by atoms with van der Waals surface area (Å²) in [4.78, 5) is 6.62. The van der Waals surface area contributed by atoms with Crippen LogP contribution in [0, 0.1) is 18.3 Å². The van der Waals surface area contributed by atoms with Gasteiger partial charge in [0.2, 0.25) is 0 Å². The molecule has 0 spiro atoms. The standard InChI is InChI=1S/C15H17N3OS/c1-11-17-14(10-20-11)9-18(2)8-13-6-12(7-16)4-5-15(13)19-3/h4-6,10H,8-9H2,1-3H3. The van der Waals surface area contributed by atoms with Gasteiger partial charge in [-0.05, 0) is 32.2 Å². The summed E-state index contributed by atoms with van der Waals surface area (Å²) in [6, 6.07) is 7.65. The molecule has 0 aliphatic rings. The molecule has 0 atom stereocenters. The summed E-state index contributed by atoms with van der Waals surface area (Å²) in [5.74, 6) is 0.810. The first kappa shape index (κ1) is 14.5. The van der Waals surface area contributed by atoms with Crippen LogP contribution in [0.25, 0.3) is 0 Å². The Labute approximate surface area is 123 Å². The van der Waals surface area contributed by atoms with E-state index in [-0.39, 0.29) is 0 Å². The number of aryl methyl sites for hydroxylation is 1. The van der Waals surface area contributed by atoms with Gasteiger partial charge >= 0.3 is 0 Å². The Balaban J connectivity index is 2.10. The first-order valence-electron chi connectivity index (χ1n) is 6.29. The van der Waals surface area contributed by atoms with Gasteiger partial charge in [-0.15, -0.1) is 11.3 Å². The monoisotopic (exact) mass is 287 g/mol. The van der Waals surface area contributed by atoms with Gasteiger partial charge in [-0.25, -0.2) is 4.98 Å².